The van der Waals surface area contributed by atoms with E-state index in [2.05, 4.69) is 10.2 Å². The zero-order valence-corrected chi connectivity index (χ0v) is 29.7. The second-order valence-electron chi connectivity index (χ2n) is 11.8. The summed E-state index contributed by atoms with van der Waals surface area (Å²) in [7, 11) is 3.30. The van der Waals surface area contributed by atoms with E-state index in [9.17, 15) is 4.79 Å². The standard InChI is InChI=1S/C22H34N2O5.C15H14Cl2O2/c1-26-8-10-28-20-12-17(13-21(14-20)29-11-9-27-2)16-24(19-5-6-19)22(25)18-4-3-7-23-15-18;1-11-9-13(16)15(14(17)10-11)19-8-7-18-12-5-3-2-4-6-12/h12-14,18-19,23H,3-11,15-16H2,1-2H3;2-6,9-10H,7-8H2,1H3. The first-order chi connectivity index (χ1) is 23.4. The summed E-state index contributed by atoms with van der Waals surface area (Å²) in [6.07, 6.45) is 4.22. The Morgan fingerprint density at radius 2 is 1.35 bits per heavy atom. The Morgan fingerprint density at radius 3 is 1.92 bits per heavy atom. The molecule has 262 valence electrons. The largest absolute Gasteiger partial charge is 0.491 e. The fourth-order valence-electron chi connectivity index (χ4n) is 5.29. The van der Waals surface area contributed by atoms with Crippen molar-refractivity contribution in [3.05, 3.63) is 81.8 Å². The lowest BCUT2D eigenvalue weighted by atomic mass is 9.97. The number of para-hydroxylation sites is 1. The van der Waals surface area contributed by atoms with Crippen LogP contribution in [0.1, 0.15) is 36.8 Å². The quantitative estimate of drug-likeness (QED) is 0.151. The van der Waals surface area contributed by atoms with E-state index in [1.54, 1.807) is 14.2 Å². The monoisotopic (exact) mass is 702 g/mol. The normalized spacial score (nSPS) is 15.6. The van der Waals surface area contributed by atoms with E-state index in [0.29, 0.717) is 68.0 Å². The molecule has 1 saturated heterocycles. The van der Waals surface area contributed by atoms with E-state index >= 15 is 0 Å². The number of hydrogen-bond donors (Lipinski definition) is 1. The summed E-state index contributed by atoms with van der Waals surface area (Å²) in [5, 5.41) is 4.39. The van der Waals surface area contributed by atoms with E-state index in [1.807, 2.05) is 67.6 Å². The van der Waals surface area contributed by atoms with Gasteiger partial charge in [-0.2, -0.15) is 0 Å². The summed E-state index contributed by atoms with van der Waals surface area (Å²) < 4.78 is 32.9. The maximum atomic E-state index is 13.2. The Morgan fingerprint density at radius 1 is 0.771 bits per heavy atom. The van der Waals surface area contributed by atoms with Crippen molar-refractivity contribution in [3.63, 3.8) is 0 Å². The van der Waals surface area contributed by atoms with Gasteiger partial charge in [0.1, 0.15) is 43.7 Å². The Hall–Kier alpha value is -3.21. The zero-order chi connectivity index (χ0) is 34.1. The molecule has 1 N–H and O–H groups in total. The number of nitrogens with one attached hydrogen (secondary N) is 1. The highest BCUT2D eigenvalue weighted by Gasteiger charge is 2.36. The highest BCUT2D eigenvalue weighted by molar-refractivity contribution is 6.37. The number of methoxy groups -OCH3 is 2. The summed E-state index contributed by atoms with van der Waals surface area (Å²) in [5.74, 6) is 3.14. The molecule has 2 fully saturated rings. The predicted octanol–water partition coefficient (Wildman–Crippen LogP) is 6.99. The molecular formula is C37H48Cl2N2O7. The van der Waals surface area contributed by atoms with Crippen LogP contribution in [0.4, 0.5) is 0 Å². The number of hydrogen-bond acceptors (Lipinski definition) is 8. The molecule has 1 aliphatic carbocycles. The van der Waals surface area contributed by atoms with Crippen LogP contribution in [0.25, 0.3) is 0 Å². The van der Waals surface area contributed by atoms with E-state index in [0.717, 1.165) is 67.1 Å². The number of carbonyl (C=O) groups excluding carboxylic acids is 1. The number of nitrogens with zero attached hydrogens (tertiary/aromatic N) is 1. The highest BCUT2D eigenvalue weighted by Crippen LogP contribution is 2.34. The van der Waals surface area contributed by atoms with Gasteiger partial charge in [0.2, 0.25) is 5.91 Å². The van der Waals surface area contributed by atoms with Crippen LogP contribution in [0.5, 0.6) is 23.0 Å². The second-order valence-corrected chi connectivity index (χ2v) is 12.6. The van der Waals surface area contributed by atoms with Crippen LogP contribution in [0.15, 0.2) is 60.7 Å². The number of ether oxygens (including phenoxy) is 6. The number of benzene rings is 3. The van der Waals surface area contributed by atoms with Crippen molar-refractivity contribution in [2.75, 3.05) is 67.0 Å². The van der Waals surface area contributed by atoms with Gasteiger partial charge in [0, 0.05) is 39.4 Å². The van der Waals surface area contributed by atoms with Crippen LogP contribution in [0.3, 0.4) is 0 Å². The predicted molar refractivity (Wildman–Crippen MR) is 189 cm³/mol. The Labute approximate surface area is 294 Å². The molecule has 1 aliphatic heterocycles. The van der Waals surface area contributed by atoms with Crippen molar-refractivity contribution in [1.82, 2.24) is 10.2 Å². The first-order valence-electron chi connectivity index (χ1n) is 16.5. The number of aryl methyl sites for hydroxylation is 1. The minimum Gasteiger partial charge on any atom is -0.491 e. The van der Waals surface area contributed by atoms with Crippen LogP contribution in [-0.2, 0) is 20.8 Å². The minimum atomic E-state index is 0.0860. The molecule has 0 bridgehead atoms. The van der Waals surface area contributed by atoms with E-state index in [4.69, 9.17) is 51.6 Å². The molecule has 0 radical (unpaired) electrons. The van der Waals surface area contributed by atoms with Crippen LogP contribution in [0, 0.1) is 12.8 Å². The molecule has 2 aliphatic rings. The van der Waals surface area contributed by atoms with Crippen LogP contribution < -0.4 is 24.3 Å². The zero-order valence-electron chi connectivity index (χ0n) is 28.2. The van der Waals surface area contributed by atoms with Gasteiger partial charge in [-0.05, 0) is 86.7 Å². The number of amides is 1. The van der Waals surface area contributed by atoms with Crippen molar-refractivity contribution in [2.45, 2.75) is 45.2 Å². The maximum Gasteiger partial charge on any atom is 0.227 e. The molecule has 0 spiro atoms. The Bertz CT molecular complexity index is 1350. The smallest absolute Gasteiger partial charge is 0.227 e. The minimum absolute atomic E-state index is 0.0860. The molecule has 48 heavy (non-hydrogen) atoms. The average molecular weight is 704 g/mol. The van der Waals surface area contributed by atoms with Gasteiger partial charge < -0.3 is 38.6 Å². The molecule has 3 aromatic carbocycles. The van der Waals surface area contributed by atoms with Crippen molar-refractivity contribution in [1.29, 1.82) is 0 Å². The van der Waals surface area contributed by atoms with Gasteiger partial charge in [-0.1, -0.05) is 41.4 Å². The molecule has 0 aromatic heterocycles. The molecule has 5 rings (SSSR count). The van der Waals surface area contributed by atoms with Gasteiger partial charge in [0.05, 0.1) is 29.2 Å². The summed E-state index contributed by atoms with van der Waals surface area (Å²) in [5.41, 5.74) is 2.03. The van der Waals surface area contributed by atoms with Gasteiger partial charge in [-0.15, -0.1) is 0 Å². The lowest BCUT2D eigenvalue weighted by molar-refractivity contribution is -0.137. The number of piperidine rings is 1. The van der Waals surface area contributed by atoms with Crippen LogP contribution >= 0.6 is 23.2 Å². The van der Waals surface area contributed by atoms with Gasteiger partial charge in [-0.3, -0.25) is 4.79 Å². The van der Waals surface area contributed by atoms with Crippen LogP contribution in [-0.4, -0.2) is 83.8 Å². The van der Waals surface area contributed by atoms with Crippen molar-refractivity contribution >= 4 is 29.1 Å². The third-order valence-electron chi connectivity index (χ3n) is 7.81. The summed E-state index contributed by atoms with van der Waals surface area (Å²) >= 11 is 12.2. The van der Waals surface area contributed by atoms with Crippen LogP contribution in [0.2, 0.25) is 10.0 Å². The Kier molecular flexibility index (Phi) is 15.9. The maximum absolute atomic E-state index is 13.2. The molecule has 9 nitrogen and oxygen atoms in total. The second kappa shape index (κ2) is 20.3. The topological polar surface area (TPSA) is 87.7 Å². The molecule has 11 heteroatoms. The Balaban J connectivity index is 0.000000237. The highest BCUT2D eigenvalue weighted by atomic mass is 35.5. The number of halogens is 2. The third kappa shape index (κ3) is 12.7. The molecule has 1 unspecified atom stereocenters. The molecule has 1 atom stereocenters. The van der Waals surface area contributed by atoms with Crippen molar-refractivity contribution in [3.8, 4) is 23.0 Å². The molecule has 3 aromatic rings. The first kappa shape index (κ1) is 37.6. The van der Waals surface area contributed by atoms with E-state index < -0.39 is 0 Å². The van der Waals surface area contributed by atoms with Gasteiger partial charge >= 0.3 is 0 Å². The molecular weight excluding hydrogens is 655 g/mol. The summed E-state index contributed by atoms with van der Waals surface area (Å²) in [4.78, 5) is 15.2. The third-order valence-corrected chi connectivity index (χ3v) is 8.37. The fourth-order valence-corrected chi connectivity index (χ4v) is 5.99. The SMILES string of the molecule is COCCOc1cc(CN(C(=O)C2CCCNC2)C2CC2)cc(OCCOC)c1.Cc1cc(Cl)c(OCCOc2ccccc2)c(Cl)c1. The lowest BCUT2D eigenvalue weighted by Crippen LogP contribution is -2.43. The van der Waals surface area contributed by atoms with Crippen molar-refractivity contribution < 1.29 is 33.2 Å². The number of rotatable bonds is 17. The fraction of sp³-hybridized carbons (Fsp3) is 0.486. The molecule has 1 heterocycles. The van der Waals surface area contributed by atoms with Gasteiger partial charge in [0.15, 0.2) is 5.75 Å². The molecule has 1 saturated carbocycles. The average Bonchev–Trinajstić information content (AvgIpc) is 3.93. The van der Waals surface area contributed by atoms with E-state index in [1.165, 1.54) is 0 Å². The number of carbonyl (C=O) groups is 1. The summed E-state index contributed by atoms with van der Waals surface area (Å²) in [6, 6.07) is 19.5. The van der Waals surface area contributed by atoms with E-state index in [-0.39, 0.29) is 11.8 Å². The van der Waals surface area contributed by atoms with Gasteiger partial charge in [0.25, 0.3) is 0 Å². The van der Waals surface area contributed by atoms with Gasteiger partial charge in [-0.25, -0.2) is 0 Å². The summed E-state index contributed by atoms with van der Waals surface area (Å²) in [6.45, 7) is 7.11. The van der Waals surface area contributed by atoms with Crippen molar-refractivity contribution in [2.24, 2.45) is 5.92 Å². The lowest BCUT2D eigenvalue weighted by Gasteiger charge is -2.30. The molecule has 1 amide bonds. The first-order valence-corrected chi connectivity index (χ1v) is 17.3.